The van der Waals surface area contributed by atoms with Crippen LogP contribution in [0.15, 0.2) is 16.7 Å². The maximum Gasteiger partial charge on any atom is 0.218 e. The molecule has 2 heterocycles. The Morgan fingerprint density at radius 2 is 2.32 bits per heavy atom. The van der Waals surface area contributed by atoms with E-state index in [1.165, 1.54) is 0 Å². The van der Waals surface area contributed by atoms with E-state index in [1.54, 1.807) is 6.20 Å². The van der Waals surface area contributed by atoms with E-state index in [-0.39, 0.29) is 11.6 Å². The molecule has 106 valence electrons. The Hall–Kier alpha value is -0.650. The van der Waals surface area contributed by atoms with Crippen LogP contribution in [0, 0.1) is 0 Å². The quantitative estimate of drug-likeness (QED) is 0.922. The standard InChI is InChI=1S/C14H21BrN2O2/c1-14(2,3)17-7-10-6-11(15)8-16-13(10)19-12-4-5-18-9-12/h6,8,12,17H,4-5,7,9H2,1-3H3. The summed E-state index contributed by atoms with van der Waals surface area (Å²) in [6.07, 6.45) is 2.83. The van der Waals surface area contributed by atoms with Crippen LogP contribution in [0.5, 0.6) is 5.88 Å². The van der Waals surface area contributed by atoms with Crippen molar-refractivity contribution in [2.45, 2.75) is 45.4 Å². The Balaban J connectivity index is 2.08. The Morgan fingerprint density at radius 1 is 1.53 bits per heavy atom. The van der Waals surface area contributed by atoms with Gasteiger partial charge in [0, 0.05) is 34.7 Å². The Labute approximate surface area is 123 Å². The molecule has 1 aliphatic heterocycles. The maximum atomic E-state index is 5.93. The van der Waals surface area contributed by atoms with Gasteiger partial charge in [-0.15, -0.1) is 0 Å². The second-order valence-electron chi connectivity index (χ2n) is 5.82. The van der Waals surface area contributed by atoms with E-state index in [9.17, 15) is 0 Å². The molecule has 0 radical (unpaired) electrons. The Bertz CT molecular complexity index is 426. The van der Waals surface area contributed by atoms with Crippen molar-refractivity contribution in [1.29, 1.82) is 0 Å². The lowest BCUT2D eigenvalue weighted by Gasteiger charge is -2.22. The van der Waals surface area contributed by atoms with Crippen LogP contribution in [0.4, 0.5) is 0 Å². The summed E-state index contributed by atoms with van der Waals surface area (Å²) in [6, 6.07) is 2.05. The molecular weight excluding hydrogens is 308 g/mol. The van der Waals surface area contributed by atoms with Crippen LogP contribution in [0.25, 0.3) is 0 Å². The zero-order chi connectivity index (χ0) is 13.9. The summed E-state index contributed by atoms with van der Waals surface area (Å²) in [4.78, 5) is 4.38. The molecule has 0 bridgehead atoms. The first-order valence-electron chi connectivity index (χ1n) is 6.58. The number of pyridine rings is 1. The SMILES string of the molecule is CC(C)(C)NCc1cc(Br)cnc1OC1CCOC1. The molecule has 1 aromatic heterocycles. The van der Waals surface area contributed by atoms with E-state index < -0.39 is 0 Å². The lowest BCUT2D eigenvalue weighted by atomic mass is 10.1. The van der Waals surface area contributed by atoms with E-state index in [0.29, 0.717) is 12.5 Å². The molecule has 2 rings (SSSR count). The van der Waals surface area contributed by atoms with Crippen molar-refractivity contribution in [3.05, 3.63) is 22.3 Å². The first-order chi connectivity index (χ1) is 8.94. The van der Waals surface area contributed by atoms with Crippen molar-refractivity contribution in [3.63, 3.8) is 0 Å². The van der Waals surface area contributed by atoms with Gasteiger partial charge < -0.3 is 14.8 Å². The average Bonchev–Trinajstić information content (AvgIpc) is 2.81. The molecule has 19 heavy (non-hydrogen) atoms. The molecule has 1 unspecified atom stereocenters. The number of hydrogen-bond donors (Lipinski definition) is 1. The molecule has 1 saturated heterocycles. The summed E-state index contributed by atoms with van der Waals surface area (Å²) in [7, 11) is 0. The highest BCUT2D eigenvalue weighted by atomic mass is 79.9. The number of nitrogens with zero attached hydrogens (tertiary/aromatic N) is 1. The summed E-state index contributed by atoms with van der Waals surface area (Å²) >= 11 is 3.46. The molecule has 1 N–H and O–H groups in total. The first kappa shape index (κ1) is 14.8. The van der Waals surface area contributed by atoms with Crippen LogP contribution in [0.3, 0.4) is 0 Å². The van der Waals surface area contributed by atoms with Gasteiger partial charge in [-0.3, -0.25) is 0 Å². The monoisotopic (exact) mass is 328 g/mol. The minimum atomic E-state index is 0.0655. The van der Waals surface area contributed by atoms with E-state index in [4.69, 9.17) is 9.47 Å². The van der Waals surface area contributed by atoms with Crippen molar-refractivity contribution in [2.75, 3.05) is 13.2 Å². The van der Waals surface area contributed by atoms with Gasteiger partial charge in [0.05, 0.1) is 13.2 Å². The van der Waals surface area contributed by atoms with Crippen LogP contribution < -0.4 is 10.1 Å². The topological polar surface area (TPSA) is 43.4 Å². The molecule has 1 aromatic rings. The van der Waals surface area contributed by atoms with Crippen molar-refractivity contribution in [1.82, 2.24) is 10.3 Å². The van der Waals surface area contributed by atoms with Crippen LogP contribution >= 0.6 is 15.9 Å². The van der Waals surface area contributed by atoms with Gasteiger partial charge in [0.1, 0.15) is 6.10 Å². The third kappa shape index (κ3) is 4.75. The molecule has 0 amide bonds. The Kier molecular flexibility index (Phi) is 4.81. The average molecular weight is 329 g/mol. The minimum Gasteiger partial charge on any atom is -0.472 e. The van der Waals surface area contributed by atoms with Gasteiger partial charge in [0.2, 0.25) is 5.88 Å². The second kappa shape index (κ2) is 6.20. The zero-order valence-electron chi connectivity index (χ0n) is 11.7. The lowest BCUT2D eigenvalue weighted by molar-refractivity contribution is 0.137. The fourth-order valence-electron chi connectivity index (χ4n) is 1.83. The van der Waals surface area contributed by atoms with Gasteiger partial charge in [-0.2, -0.15) is 0 Å². The lowest BCUT2D eigenvalue weighted by Crippen LogP contribution is -2.35. The van der Waals surface area contributed by atoms with Crippen molar-refractivity contribution in [2.24, 2.45) is 0 Å². The van der Waals surface area contributed by atoms with Gasteiger partial charge >= 0.3 is 0 Å². The van der Waals surface area contributed by atoms with E-state index in [1.807, 2.05) is 0 Å². The third-order valence-corrected chi connectivity index (χ3v) is 3.30. The zero-order valence-corrected chi connectivity index (χ0v) is 13.3. The van der Waals surface area contributed by atoms with Gasteiger partial charge in [-0.1, -0.05) is 0 Å². The van der Waals surface area contributed by atoms with Crippen LogP contribution in [0.1, 0.15) is 32.8 Å². The summed E-state index contributed by atoms with van der Waals surface area (Å²) in [6.45, 7) is 8.59. The van der Waals surface area contributed by atoms with Gasteiger partial charge in [-0.25, -0.2) is 4.98 Å². The smallest absolute Gasteiger partial charge is 0.218 e. The highest BCUT2D eigenvalue weighted by Gasteiger charge is 2.20. The summed E-state index contributed by atoms with van der Waals surface area (Å²) < 4.78 is 12.2. The molecule has 1 fully saturated rings. The largest absolute Gasteiger partial charge is 0.472 e. The normalized spacial score (nSPS) is 19.7. The molecule has 0 aliphatic carbocycles. The number of aromatic nitrogens is 1. The molecule has 0 saturated carbocycles. The number of nitrogens with one attached hydrogen (secondary N) is 1. The highest BCUT2D eigenvalue weighted by molar-refractivity contribution is 9.10. The van der Waals surface area contributed by atoms with E-state index in [0.717, 1.165) is 29.6 Å². The van der Waals surface area contributed by atoms with Gasteiger partial charge in [0.25, 0.3) is 0 Å². The molecule has 0 aromatic carbocycles. The summed E-state index contributed by atoms with van der Waals surface area (Å²) in [5.74, 6) is 0.704. The number of rotatable bonds is 4. The predicted octanol–water partition coefficient (Wildman–Crippen LogP) is 2.90. The summed E-state index contributed by atoms with van der Waals surface area (Å²) in [5.41, 5.74) is 1.13. The van der Waals surface area contributed by atoms with Crippen molar-refractivity contribution < 1.29 is 9.47 Å². The van der Waals surface area contributed by atoms with Crippen LogP contribution in [-0.4, -0.2) is 29.8 Å². The fourth-order valence-corrected chi connectivity index (χ4v) is 2.20. The minimum absolute atomic E-state index is 0.0655. The van der Waals surface area contributed by atoms with E-state index in [2.05, 4.69) is 53.1 Å². The number of ether oxygens (including phenoxy) is 2. The number of hydrogen-bond acceptors (Lipinski definition) is 4. The number of halogens is 1. The molecular formula is C14H21BrN2O2. The van der Waals surface area contributed by atoms with Crippen molar-refractivity contribution >= 4 is 15.9 Å². The third-order valence-electron chi connectivity index (χ3n) is 2.87. The van der Waals surface area contributed by atoms with Crippen LogP contribution in [0.2, 0.25) is 0 Å². The molecule has 4 nitrogen and oxygen atoms in total. The van der Waals surface area contributed by atoms with Gasteiger partial charge in [-0.05, 0) is 42.8 Å². The molecule has 5 heteroatoms. The van der Waals surface area contributed by atoms with Gasteiger partial charge in [0.15, 0.2) is 0 Å². The van der Waals surface area contributed by atoms with Crippen molar-refractivity contribution in [3.8, 4) is 5.88 Å². The first-order valence-corrected chi connectivity index (χ1v) is 7.37. The highest BCUT2D eigenvalue weighted by Crippen LogP contribution is 2.23. The fraction of sp³-hybridized carbons (Fsp3) is 0.643. The predicted molar refractivity (Wildman–Crippen MR) is 78.4 cm³/mol. The second-order valence-corrected chi connectivity index (χ2v) is 6.74. The molecule has 1 atom stereocenters. The molecule has 1 aliphatic rings. The molecule has 0 spiro atoms. The Morgan fingerprint density at radius 3 is 2.95 bits per heavy atom. The maximum absolute atomic E-state index is 5.93. The van der Waals surface area contributed by atoms with Crippen LogP contribution in [-0.2, 0) is 11.3 Å². The van der Waals surface area contributed by atoms with E-state index >= 15 is 0 Å². The summed E-state index contributed by atoms with van der Waals surface area (Å²) in [5, 5.41) is 3.46.